The molecule has 2 aliphatic rings. The van der Waals surface area contributed by atoms with Gasteiger partial charge in [0.05, 0.1) is 36.9 Å². The van der Waals surface area contributed by atoms with E-state index in [4.69, 9.17) is 10.6 Å². The number of benzene rings is 2. The van der Waals surface area contributed by atoms with Crippen LogP contribution in [0.15, 0.2) is 41.5 Å². The zero-order valence-corrected chi connectivity index (χ0v) is 20.1. The van der Waals surface area contributed by atoms with Crippen molar-refractivity contribution < 1.29 is 14.6 Å². The van der Waals surface area contributed by atoms with E-state index >= 15 is 0 Å². The van der Waals surface area contributed by atoms with Crippen LogP contribution in [0.1, 0.15) is 54.1 Å². The average Bonchev–Trinajstić information content (AvgIpc) is 3.21. The Bertz CT molecular complexity index is 1140. The van der Waals surface area contributed by atoms with Crippen LogP contribution in [0.4, 0.5) is 4.79 Å². The van der Waals surface area contributed by atoms with Gasteiger partial charge in [-0.15, -0.1) is 0 Å². The fraction of sp³-hybridized carbons (Fsp3) is 0.400. The van der Waals surface area contributed by atoms with Crippen LogP contribution in [-0.2, 0) is 12.2 Å². The highest BCUT2D eigenvalue weighted by atomic mass is 32.2. The summed E-state index contributed by atoms with van der Waals surface area (Å²) in [7, 11) is 0. The van der Waals surface area contributed by atoms with Crippen LogP contribution in [0.3, 0.4) is 0 Å². The number of ether oxygens (including phenoxy) is 1. The number of nitriles is 1. The Morgan fingerprint density at radius 3 is 2.85 bits per heavy atom. The molecular weight excluding hydrogens is 450 g/mol. The number of nitrogens with two attached hydrogens (primary N) is 1. The topological polar surface area (TPSA) is 124 Å². The molecule has 2 amide bonds. The first-order valence-corrected chi connectivity index (χ1v) is 12.3. The van der Waals surface area contributed by atoms with E-state index in [1.807, 2.05) is 50.2 Å². The van der Waals surface area contributed by atoms with E-state index in [0.29, 0.717) is 30.2 Å². The Balaban J connectivity index is 1.46. The van der Waals surface area contributed by atoms with Crippen molar-refractivity contribution in [1.29, 1.82) is 5.26 Å². The van der Waals surface area contributed by atoms with Crippen molar-refractivity contribution in [2.45, 2.75) is 50.7 Å². The Labute approximate surface area is 203 Å². The number of hydrogen-bond donors (Lipinski definition) is 3. The molecule has 1 aliphatic heterocycles. The normalized spacial score (nSPS) is 17.8. The second-order valence-electron chi connectivity index (χ2n) is 8.80. The molecule has 2 aromatic rings. The Hall–Kier alpha value is -3.22. The number of aliphatic hydroxyl groups excluding tert-OH is 1. The van der Waals surface area contributed by atoms with E-state index in [-0.39, 0.29) is 18.2 Å². The quantitative estimate of drug-likeness (QED) is 0.253. The summed E-state index contributed by atoms with van der Waals surface area (Å²) in [4.78, 5) is 14.0. The molecule has 0 bridgehead atoms. The molecule has 4 N–H and O–H groups in total. The van der Waals surface area contributed by atoms with Crippen LogP contribution in [0.2, 0.25) is 0 Å². The molecule has 1 unspecified atom stereocenters. The van der Waals surface area contributed by atoms with E-state index in [1.165, 1.54) is 11.8 Å². The first kappa shape index (κ1) is 23.9. The summed E-state index contributed by atoms with van der Waals surface area (Å²) in [6.07, 6.45) is 1.20. The van der Waals surface area contributed by atoms with Crippen molar-refractivity contribution in [3.05, 3.63) is 64.2 Å². The number of nitrogens with one attached hydrogen (secondary N) is 1. The second-order valence-corrected chi connectivity index (χ2v) is 9.77. The average molecular weight is 480 g/mol. The molecule has 8 nitrogen and oxygen atoms in total. The molecule has 1 saturated heterocycles. The van der Waals surface area contributed by atoms with Crippen LogP contribution in [0.5, 0.6) is 5.75 Å². The number of urea groups is 1. The summed E-state index contributed by atoms with van der Waals surface area (Å²) in [6.45, 7) is 4.62. The van der Waals surface area contributed by atoms with Crippen LogP contribution >= 0.6 is 11.8 Å². The maximum absolute atomic E-state index is 12.4. The lowest BCUT2D eigenvalue weighted by molar-refractivity contribution is 0.0257. The summed E-state index contributed by atoms with van der Waals surface area (Å²) < 4.78 is 5.71. The Morgan fingerprint density at radius 2 is 2.18 bits per heavy atom. The summed E-state index contributed by atoms with van der Waals surface area (Å²) in [5.41, 5.74) is 4.68. The molecule has 9 heteroatoms. The molecule has 34 heavy (non-hydrogen) atoms. The number of carbonyl (C=O) groups excluding carboxylic acids is 1. The molecule has 4 rings (SSSR count). The molecule has 0 spiro atoms. The monoisotopic (exact) mass is 479 g/mol. The van der Waals surface area contributed by atoms with Gasteiger partial charge in [-0.1, -0.05) is 36.0 Å². The van der Waals surface area contributed by atoms with Gasteiger partial charge in [0.15, 0.2) is 0 Å². The van der Waals surface area contributed by atoms with Crippen molar-refractivity contribution >= 4 is 22.8 Å². The van der Waals surface area contributed by atoms with Gasteiger partial charge in [-0.2, -0.15) is 10.4 Å². The molecule has 1 fully saturated rings. The molecule has 1 atom stereocenters. The number of hydrazone groups is 1. The van der Waals surface area contributed by atoms with Crippen LogP contribution in [0, 0.1) is 11.3 Å². The third-order valence-corrected chi connectivity index (χ3v) is 7.04. The standard InChI is InChI=1S/C25H29N5O3S/c1-15(2)33-23-9-6-16(10-17(23)11-26)14-34-24(29-27)21-5-3-4-20-19(21)7-8-22(20)28-25(32)30-12-18(31)13-30/h3-6,9-10,15,18,22,31H,7-8,12-14,27H2,1-2H3,(H,28,32). The zero-order valence-electron chi connectivity index (χ0n) is 19.3. The van der Waals surface area contributed by atoms with Gasteiger partial charge in [0.1, 0.15) is 16.9 Å². The van der Waals surface area contributed by atoms with Crippen molar-refractivity contribution in [1.82, 2.24) is 10.2 Å². The number of carbonyl (C=O) groups is 1. The van der Waals surface area contributed by atoms with Gasteiger partial charge in [-0.05, 0) is 55.5 Å². The van der Waals surface area contributed by atoms with E-state index in [0.717, 1.165) is 40.1 Å². The van der Waals surface area contributed by atoms with E-state index in [2.05, 4.69) is 16.5 Å². The van der Waals surface area contributed by atoms with Gasteiger partial charge >= 0.3 is 6.03 Å². The van der Waals surface area contributed by atoms with Crippen LogP contribution in [0.25, 0.3) is 0 Å². The van der Waals surface area contributed by atoms with Gasteiger partial charge in [-0.3, -0.25) is 0 Å². The largest absolute Gasteiger partial charge is 0.490 e. The summed E-state index contributed by atoms with van der Waals surface area (Å²) >= 11 is 1.52. The lowest BCUT2D eigenvalue weighted by Crippen LogP contribution is -2.57. The van der Waals surface area contributed by atoms with Crippen molar-refractivity contribution in [3.8, 4) is 11.8 Å². The van der Waals surface area contributed by atoms with Crippen molar-refractivity contribution in [2.24, 2.45) is 10.9 Å². The second kappa shape index (κ2) is 10.4. The third kappa shape index (κ3) is 5.13. The molecule has 1 aliphatic carbocycles. The summed E-state index contributed by atoms with van der Waals surface area (Å²) in [5.74, 6) is 6.98. The number of nitrogens with zero attached hydrogens (tertiary/aromatic N) is 3. The van der Waals surface area contributed by atoms with E-state index in [9.17, 15) is 15.2 Å². The molecule has 178 valence electrons. The number of fused-ring (bicyclic) bond motifs is 1. The smallest absolute Gasteiger partial charge is 0.318 e. The highest BCUT2D eigenvalue weighted by molar-refractivity contribution is 8.13. The minimum absolute atomic E-state index is 0.00501. The highest BCUT2D eigenvalue weighted by Crippen LogP contribution is 2.36. The molecule has 0 saturated carbocycles. The number of hydrogen-bond acceptors (Lipinski definition) is 7. The third-order valence-electron chi connectivity index (χ3n) is 5.97. The van der Waals surface area contributed by atoms with Gasteiger partial charge < -0.3 is 25.9 Å². The van der Waals surface area contributed by atoms with E-state index < -0.39 is 6.10 Å². The maximum Gasteiger partial charge on any atom is 0.318 e. The van der Waals surface area contributed by atoms with Crippen LogP contribution < -0.4 is 15.9 Å². The summed E-state index contributed by atoms with van der Waals surface area (Å²) in [5, 5.41) is 26.8. The number of β-amino-alcohol motifs (C(OH)–C–C–N with tert-alkyl or cyclic N) is 1. The number of thioether (sulfide) groups is 1. The Morgan fingerprint density at radius 1 is 1.38 bits per heavy atom. The number of likely N-dealkylation sites (tertiary alicyclic amines) is 1. The van der Waals surface area contributed by atoms with Gasteiger partial charge in [-0.25, -0.2) is 4.79 Å². The minimum atomic E-state index is -0.420. The highest BCUT2D eigenvalue weighted by Gasteiger charge is 2.33. The predicted octanol–water partition coefficient (Wildman–Crippen LogP) is 3.27. The van der Waals surface area contributed by atoms with Crippen molar-refractivity contribution in [3.63, 3.8) is 0 Å². The summed E-state index contributed by atoms with van der Waals surface area (Å²) in [6, 6.07) is 13.6. The predicted molar refractivity (Wildman–Crippen MR) is 133 cm³/mol. The zero-order chi connectivity index (χ0) is 24.2. The first-order valence-electron chi connectivity index (χ1n) is 11.4. The van der Waals surface area contributed by atoms with Gasteiger partial charge in [0.25, 0.3) is 0 Å². The molecule has 2 aromatic carbocycles. The fourth-order valence-electron chi connectivity index (χ4n) is 4.31. The van der Waals surface area contributed by atoms with E-state index in [1.54, 1.807) is 4.90 Å². The van der Waals surface area contributed by atoms with Crippen molar-refractivity contribution in [2.75, 3.05) is 13.1 Å². The lowest BCUT2D eigenvalue weighted by atomic mass is 10.0. The SMILES string of the molecule is CC(C)Oc1ccc(CSC(=NN)c2cccc3c2CCC3NC(=O)N2CC(O)C2)cc1C#N. The Kier molecular flexibility index (Phi) is 7.29. The lowest BCUT2D eigenvalue weighted by Gasteiger charge is -2.36. The number of rotatable bonds is 6. The van der Waals surface area contributed by atoms with Gasteiger partial charge in [0.2, 0.25) is 0 Å². The van der Waals surface area contributed by atoms with Crippen LogP contribution in [-0.4, -0.2) is 46.4 Å². The molecule has 0 aromatic heterocycles. The first-order chi connectivity index (χ1) is 16.4. The molecule has 0 radical (unpaired) electrons. The molecule has 1 heterocycles. The number of aliphatic hydroxyl groups is 1. The fourth-order valence-corrected chi connectivity index (χ4v) is 5.22. The van der Waals surface area contributed by atoms with Gasteiger partial charge in [0, 0.05) is 11.3 Å². The molecular formula is C25H29N5O3S. The maximum atomic E-state index is 12.4. The minimum Gasteiger partial charge on any atom is -0.490 e. The number of amides is 2.